The molecule has 0 amide bonds. The lowest BCUT2D eigenvalue weighted by molar-refractivity contribution is 0.312. The molecule has 0 radical (unpaired) electrons. The fourth-order valence-electron chi connectivity index (χ4n) is 3.82. The van der Waals surface area contributed by atoms with Crippen molar-refractivity contribution in [3.8, 4) is 0 Å². The Hall–Kier alpha value is -1.02. The first-order valence-corrected chi connectivity index (χ1v) is 8.21. The summed E-state index contributed by atoms with van der Waals surface area (Å²) in [6.45, 7) is 8.15. The smallest absolute Gasteiger partial charge is 0.0414 e. The summed E-state index contributed by atoms with van der Waals surface area (Å²) in [4.78, 5) is 2.69. The van der Waals surface area contributed by atoms with Crippen molar-refractivity contribution in [2.75, 3.05) is 18.0 Å². The van der Waals surface area contributed by atoms with Gasteiger partial charge in [-0.2, -0.15) is 0 Å². The van der Waals surface area contributed by atoms with Crippen LogP contribution >= 0.6 is 0 Å². The Balaban J connectivity index is 1.82. The lowest BCUT2D eigenvalue weighted by Gasteiger charge is -2.33. The molecule has 1 aliphatic heterocycles. The zero-order chi connectivity index (χ0) is 14.0. The van der Waals surface area contributed by atoms with Crippen molar-refractivity contribution in [1.82, 2.24) is 5.32 Å². The Morgan fingerprint density at radius 3 is 2.90 bits per heavy atom. The molecule has 1 atom stereocenters. The van der Waals surface area contributed by atoms with Crippen LogP contribution in [0.15, 0.2) is 24.3 Å². The molecular weight excluding hydrogens is 244 g/mol. The highest BCUT2D eigenvalue weighted by molar-refractivity contribution is 5.55. The molecule has 2 heteroatoms. The molecule has 1 fully saturated rings. The highest BCUT2D eigenvalue weighted by atomic mass is 15.2. The van der Waals surface area contributed by atoms with Gasteiger partial charge in [-0.3, -0.25) is 0 Å². The summed E-state index contributed by atoms with van der Waals surface area (Å²) in [6, 6.07) is 9.69. The molecule has 0 bridgehead atoms. The lowest BCUT2D eigenvalue weighted by atomic mass is 9.85. The quantitative estimate of drug-likeness (QED) is 0.779. The monoisotopic (exact) mass is 272 g/mol. The van der Waals surface area contributed by atoms with Crippen molar-refractivity contribution < 1.29 is 0 Å². The number of para-hydroxylation sites is 1. The Kier molecular flexibility index (Phi) is 4.02. The van der Waals surface area contributed by atoms with Gasteiger partial charge >= 0.3 is 0 Å². The largest absolute Gasteiger partial charge is 0.367 e. The number of hydrogen-bond donors (Lipinski definition) is 1. The van der Waals surface area contributed by atoms with E-state index in [9.17, 15) is 0 Å². The first kappa shape index (κ1) is 13.9. The molecule has 3 rings (SSSR count). The minimum Gasteiger partial charge on any atom is -0.367 e. The van der Waals surface area contributed by atoms with Gasteiger partial charge in [0.1, 0.15) is 0 Å². The van der Waals surface area contributed by atoms with E-state index in [1.165, 1.54) is 43.4 Å². The number of nitrogens with one attached hydrogen (secondary N) is 1. The summed E-state index contributed by atoms with van der Waals surface area (Å²) in [5, 5.41) is 3.56. The number of anilines is 1. The fourth-order valence-corrected chi connectivity index (χ4v) is 3.82. The molecule has 1 aliphatic carbocycles. The van der Waals surface area contributed by atoms with Gasteiger partial charge in [-0.15, -0.1) is 0 Å². The molecule has 0 aromatic heterocycles. The predicted octanol–water partition coefficient (Wildman–Crippen LogP) is 3.96. The molecule has 1 N–H and O–H groups in total. The minimum absolute atomic E-state index is 0.540. The molecule has 2 nitrogen and oxygen atoms in total. The van der Waals surface area contributed by atoms with E-state index in [4.69, 9.17) is 0 Å². The first-order chi connectivity index (χ1) is 9.66. The summed E-state index contributed by atoms with van der Waals surface area (Å²) in [7, 11) is 0. The summed E-state index contributed by atoms with van der Waals surface area (Å²) in [5.74, 6) is 0. The van der Waals surface area contributed by atoms with Gasteiger partial charge in [-0.1, -0.05) is 38.5 Å². The molecule has 2 aliphatic rings. The Morgan fingerprint density at radius 2 is 2.00 bits per heavy atom. The van der Waals surface area contributed by atoms with Crippen LogP contribution in [0.1, 0.15) is 51.5 Å². The van der Waals surface area contributed by atoms with Crippen molar-refractivity contribution >= 4 is 5.69 Å². The highest BCUT2D eigenvalue weighted by Gasteiger charge is 2.29. The number of rotatable bonds is 1. The minimum atomic E-state index is 0.540. The second kappa shape index (κ2) is 5.77. The van der Waals surface area contributed by atoms with Crippen LogP contribution in [0.5, 0.6) is 0 Å². The maximum Gasteiger partial charge on any atom is 0.0414 e. The number of fused-ring (bicyclic) bond motifs is 1. The molecule has 0 saturated heterocycles. The van der Waals surface area contributed by atoms with Gasteiger partial charge in [-0.05, 0) is 42.7 Å². The fraction of sp³-hybridized carbons (Fsp3) is 0.667. The summed E-state index contributed by atoms with van der Waals surface area (Å²) in [6.07, 6.45) is 6.84. The van der Waals surface area contributed by atoms with Crippen molar-refractivity contribution in [3.05, 3.63) is 29.8 Å². The molecule has 0 spiro atoms. The predicted molar refractivity (Wildman–Crippen MR) is 86.1 cm³/mol. The summed E-state index contributed by atoms with van der Waals surface area (Å²) < 4.78 is 0. The van der Waals surface area contributed by atoms with Crippen LogP contribution in [0.2, 0.25) is 0 Å². The zero-order valence-corrected chi connectivity index (χ0v) is 13.0. The van der Waals surface area contributed by atoms with Crippen molar-refractivity contribution in [1.29, 1.82) is 0 Å². The topological polar surface area (TPSA) is 15.3 Å². The normalized spacial score (nSPS) is 26.5. The van der Waals surface area contributed by atoms with Crippen molar-refractivity contribution in [3.63, 3.8) is 0 Å². The third-order valence-electron chi connectivity index (χ3n) is 5.13. The SMILES string of the molecule is CC1(C)CCCC(N2CCNCc3ccccc32)CC1. The zero-order valence-electron chi connectivity index (χ0n) is 13.0. The van der Waals surface area contributed by atoms with E-state index in [2.05, 4.69) is 48.3 Å². The van der Waals surface area contributed by atoms with Crippen LogP contribution in [0.4, 0.5) is 5.69 Å². The van der Waals surface area contributed by atoms with Gasteiger partial charge in [-0.25, -0.2) is 0 Å². The maximum atomic E-state index is 3.56. The number of nitrogens with zero attached hydrogens (tertiary/aromatic N) is 1. The summed E-state index contributed by atoms with van der Waals surface area (Å²) >= 11 is 0. The van der Waals surface area contributed by atoms with Crippen molar-refractivity contribution in [2.45, 2.75) is 58.5 Å². The second-order valence-electron chi connectivity index (χ2n) is 7.25. The third kappa shape index (κ3) is 3.01. The van der Waals surface area contributed by atoms with Gasteiger partial charge in [0.15, 0.2) is 0 Å². The molecule has 1 aromatic rings. The molecule has 1 heterocycles. The van der Waals surface area contributed by atoms with Crippen LogP contribution in [0.25, 0.3) is 0 Å². The average molecular weight is 272 g/mol. The van der Waals surface area contributed by atoms with E-state index in [0.717, 1.165) is 25.7 Å². The molecule has 20 heavy (non-hydrogen) atoms. The van der Waals surface area contributed by atoms with E-state index < -0.39 is 0 Å². The van der Waals surface area contributed by atoms with E-state index >= 15 is 0 Å². The van der Waals surface area contributed by atoms with Gasteiger partial charge in [0.25, 0.3) is 0 Å². The van der Waals surface area contributed by atoms with E-state index in [0.29, 0.717) is 5.41 Å². The van der Waals surface area contributed by atoms with Crippen LogP contribution in [0, 0.1) is 5.41 Å². The van der Waals surface area contributed by atoms with Crippen LogP contribution in [-0.2, 0) is 6.54 Å². The number of benzene rings is 1. The highest BCUT2D eigenvalue weighted by Crippen LogP contribution is 2.37. The molecule has 1 aromatic carbocycles. The Bertz CT molecular complexity index is 452. The summed E-state index contributed by atoms with van der Waals surface area (Å²) in [5.41, 5.74) is 3.48. The Labute approximate surface area is 123 Å². The molecule has 1 unspecified atom stereocenters. The van der Waals surface area contributed by atoms with E-state index in [1.807, 2.05) is 0 Å². The van der Waals surface area contributed by atoms with E-state index in [1.54, 1.807) is 0 Å². The van der Waals surface area contributed by atoms with Crippen molar-refractivity contribution in [2.24, 2.45) is 5.41 Å². The number of hydrogen-bond acceptors (Lipinski definition) is 2. The van der Waals surface area contributed by atoms with Gasteiger partial charge in [0, 0.05) is 31.4 Å². The third-order valence-corrected chi connectivity index (χ3v) is 5.13. The lowest BCUT2D eigenvalue weighted by Crippen LogP contribution is -2.38. The molecule has 1 saturated carbocycles. The maximum absolute atomic E-state index is 3.56. The first-order valence-electron chi connectivity index (χ1n) is 8.21. The molecular formula is C18H28N2. The van der Waals surface area contributed by atoms with Gasteiger partial charge in [0.05, 0.1) is 0 Å². The Morgan fingerprint density at radius 1 is 1.15 bits per heavy atom. The average Bonchev–Trinajstić information content (AvgIpc) is 2.74. The standard InChI is InChI=1S/C18H28N2/c1-18(2)10-5-7-16(9-11-18)20-13-12-19-14-15-6-3-4-8-17(15)20/h3-4,6,8,16,19H,5,7,9-14H2,1-2H3. The molecule has 110 valence electrons. The van der Waals surface area contributed by atoms with E-state index in [-0.39, 0.29) is 0 Å². The van der Waals surface area contributed by atoms with Crippen LogP contribution in [-0.4, -0.2) is 19.1 Å². The van der Waals surface area contributed by atoms with Crippen LogP contribution < -0.4 is 10.2 Å². The second-order valence-corrected chi connectivity index (χ2v) is 7.25. The van der Waals surface area contributed by atoms with Crippen LogP contribution in [0.3, 0.4) is 0 Å². The van der Waals surface area contributed by atoms with Gasteiger partial charge < -0.3 is 10.2 Å². The van der Waals surface area contributed by atoms with Gasteiger partial charge in [0.2, 0.25) is 0 Å².